The highest BCUT2D eigenvalue weighted by Gasteiger charge is 2.06. The van der Waals surface area contributed by atoms with E-state index < -0.39 is 0 Å². The number of thioether (sulfide) groups is 1. The van der Waals surface area contributed by atoms with Crippen LogP contribution in [0, 0.1) is 0 Å². The fourth-order valence-corrected chi connectivity index (χ4v) is 4.74. The highest BCUT2D eigenvalue weighted by atomic mass is 35.5. The smallest absolute Gasteiger partial charge is 0.267 e. The molecule has 0 unspecified atom stereocenters. The summed E-state index contributed by atoms with van der Waals surface area (Å²) >= 11 is 9.24. The van der Waals surface area contributed by atoms with E-state index in [0.29, 0.717) is 10.6 Å². The minimum atomic E-state index is -0.249. The Morgan fingerprint density at radius 2 is 1.83 bits per heavy atom. The first-order chi connectivity index (χ1) is 14.2. The van der Waals surface area contributed by atoms with E-state index in [1.165, 1.54) is 4.70 Å². The van der Waals surface area contributed by atoms with Gasteiger partial charge >= 0.3 is 0 Å². The van der Waals surface area contributed by atoms with Gasteiger partial charge in [-0.15, -0.1) is 11.3 Å². The molecule has 0 aliphatic carbocycles. The van der Waals surface area contributed by atoms with Gasteiger partial charge in [-0.3, -0.25) is 4.79 Å². The number of hydrogen-bond donors (Lipinski definition) is 1. The number of hydrazone groups is 1. The predicted octanol–water partition coefficient (Wildman–Crippen LogP) is 6.01. The van der Waals surface area contributed by atoms with E-state index in [1.54, 1.807) is 53.6 Å². The van der Waals surface area contributed by atoms with Crippen LogP contribution in [0.1, 0.15) is 21.5 Å². The number of halogens is 1. The van der Waals surface area contributed by atoms with E-state index in [-0.39, 0.29) is 5.91 Å². The van der Waals surface area contributed by atoms with Crippen molar-refractivity contribution in [1.29, 1.82) is 0 Å². The first kappa shape index (κ1) is 19.6. The van der Waals surface area contributed by atoms with E-state index in [9.17, 15) is 4.79 Å². The molecule has 1 heterocycles. The van der Waals surface area contributed by atoms with Gasteiger partial charge in [0.05, 0.1) is 16.4 Å². The molecule has 0 atom stereocenters. The summed E-state index contributed by atoms with van der Waals surface area (Å²) in [6.07, 6.45) is 1.58. The van der Waals surface area contributed by atoms with Crippen molar-refractivity contribution in [2.24, 2.45) is 5.10 Å². The molecule has 0 radical (unpaired) electrons. The van der Waals surface area contributed by atoms with Crippen LogP contribution in [0.4, 0.5) is 0 Å². The molecule has 1 aromatic heterocycles. The quantitative estimate of drug-likeness (QED) is 0.228. The molecule has 1 amide bonds. The van der Waals surface area contributed by atoms with Gasteiger partial charge in [-0.1, -0.05) is 59.8 Å². The number of carbonyl (C=O) groups excluding carboxylic acids is 1. The number of nitrogens with zero attached hydrogens (tertiary/aromatic N) is 2. The maximum Gasteiger partial charge on any atom is 0.271 e. The third kappa shape index (κ3) is 5.23. The molecule has 1 N–H and O–H groups in total. The van der Waals surface area contributed by atoms with E-state index in [1.807, 2.05) is 42.5 Å². The third-order valence-electron chi connectivity index (χ3n) is 4.10. The maximum atomic E-state index is 12.2. The number of para-hydroxylation sites is 1. The topological polar surface area (TPSA) is 54.4 Å². The Balaban J connectivity index is 1.32. The van der Waals surface area contributed by atoms with Crippen molar-refractivity contribution < 1.29 is 4.79 Å². The van der Waals surface area contributed by atoms with Crippen molar-refractivity contribution in [1.82, 2.24) is 10.4 Å². The van der Waals surface area contributed by atoms with Crippen LogP contribution in [-0.4, -0.2) is 17.1 Å². The Labute approximate surface area is 181 Å². The molecule has 0 spiro atoms. The largest absolute Gasteiger partial charge is 0.271 e. The van der Waals surface area contributed by atoms with Crippen molar-refractivity contribution in [2.75, 3.05) is 0 Å². The number of carbonyl (C=O) groups is 1. The van der Waals surface area contributed by atoms with E-state index in [4.69, 9.17) is 11.6 Å². The Bertz CT molecular complexity index is 1120. The number of rotatable bonds is 6. The lowest BCUT2D eigenvalue weighted by Gasteiger charge is -2.03. The van der Waals surface area contributed by atoms with E-state index in [2.05, 4.69) is 21.6 Å². The lowest BCUT2D eigenvalue weighted by atomic mass is 10.1. The molecule has 7 heteroatoms. The van der Waals surface area contributed by atoms with Crippen LogP contribution in [0.2, 0.25) is 5.02 Å². The van der Waals surface area contributed by atoms with Crippen molar-refractivity contribution in [3.8, 4) is 0 Å². The number of amides is 1. The average molecular weight is 438 g/mol. The minimum Gasteiger partial charge on any atom is -0.267 e. The van der Waals surface area contributed by atoms with Crippen molar-refractivity contribution in [2.45, 2.75) is 10.1 Å². The highest BCUT2D eigenvalue weighted by molar-refractivity contribution is 8.00. The monoisotopic (exact) mass is 437 g/mol. The number of fused-ring (bicyclic) bond motifs is 1. The summed E-state index contributed by atoms with van der Waals surface area (Å²) in [7, 11) is 0. The van der Waals surface area contributed by atoms with Gasteiger partial charge in [0.2, 0.25) is 0 Å². The zero-order valence-corrected chi connectivity index (χ0v) is 17.6. The molecule has 0 aliphatic heterocycles. The summed E-state index contributed by atoms with van der Waals surface area (Å²) in [5.41, 5.74) is 6.13. The highest BCUT2D eigenvalue weighted by Crippen LogP contribution is 2.31. The molecular weight excluding hydrogens is 422 g/mol. The average Bonchev–Trinajstić information content (AvgIpc) is 3.17. The molecule has 4 rings (SSSR count). The molecule has 4 aromatic rings. The Hall–Kier alpha value is -2.67. The Kier molecular flexibility index (Phi) is 6.24. The Morgan fingerprint density at radius 1 is 1.07 bits per heavy atom. The van der Waals surface area contributed by atoms with Crippen molar-refractivity contribution >= 4 is 57.0 Å². The summed E-state index contributed by atoms with van der Waals surface area (Å²) in [4.78, 5) is 16.9. The fourth-order valence-electron chi connectivity index (χ4n) is 2.59. The number of thiazole rings is 1. The van der Waals surface area contributed by atoms with E-state index in [0.717, 1.165) is 26.7 Å². The van der Waals surface area contributed by atoms with Crippen LogP contribution in [0.25, 0.3) is 10.2 Å². The van der Waals surface area contributed by atoms with Gasteiger partial charge in [0.25, 0.3) is 5.91 Å². The van der Waals surface area contributed by atoms with Crippen LogP contribution < -0.4 is 5.43 Å². The molecule has 3 aromatic carbocycles. The second-order valence-corrected chi connectivity index (χ2v) is 8.87. The van der Waals surface area contributed by atoms with Gasteiger partial charge in [0, 0.05) is 16.3 Å². The van der Waals surface area contributed by atoms with Gasteiger partial charge in [0.15, 0.2) is 4.34 Å². The number of benzene rings is 3. The zero-order chi connectivity index (χ0) is 20.1. The Morgan fingerprint density at radius 3 is 2.59 bits per heavy atom. The van der Waals surface area contributed by atoms with Gasteiger partial charge < -0.3 is 0 Å². The second kappa shape index (κ2) is 9.22. The van der Waals surface area contributed by atoms with Crippen LogP contribution in [-0.2, 0) is 5.75 Å². The summed E-state index contributed by atoms with van der Waals surface area (Å²) in [5.74, 6) is 0.553. The SMILES string of the molecule is O=C(NN=Cc1ccc(Cl)cc1)c1ccc(CSc2nc3ccccc3s2)cc1. The standard InChI is InChI=1S/C22H16ClN3OS2/c23-18-11-7-15(8-12-18)13-24-26-21(27)17-9-5-16(6-10-17)14-28-22-25-19-3-1-2-4-20(19)29-22/h1-13H,14H2,(H,26,27). The van der Waals surface area contributed by atoms with Gasteiger partial charge in [-0.05, 0) is 47.5 Å². The van der Waals surface area contributed by atoms with Crippen molar-refractivity contribution in [3.05, 3.63) is 94.5 Å². The number of nitrogens with one attached hydrogen (secondary N) is 1. The van der Waals surface area contributed by atoms with Gasteiger partial charge in [0.1, 0.15) is 0 Å². The predicted molar refractivity (Wildman–Crippen MR) is 122 cm³/mol. The van der Waals surface area contributed by atoms with E-state index >= 15 is 0 Å². The molecule has 0 aliphatic rings. The number of hydrogen-bond acceptors (Lipinski definition) is 5. The maximum absolute atomic E-state index is 12.2. The van der Waals surface area contributed by atoms with Crippen molar-refractivity contribution in [3.63, 3.8) is 0 Å². The lowest BCUT2D eigenvalue weighted by molar-refractivity contribution is 0.0955. The lowest BCUT2D eigenvalue weighted by Crippen LogP contribution is -2.17. The first-order valence-corrected chi connectivity index (χ1v) is 11.0. The zero-order valence-electron chi connectivity index (χ0n) is 15.2. The normalized spacial score (nSPS) is 11.2. The molecule has 0 fully saturated rings. The molecule has 0 saturated carbocycles. The molecule has 4 nitrogen and oxygen atoms in total. The van der Waals surface area contributed by atoms with Crippen LogP contribution in [0.5, 0.6) is 0 Å². The molecule has 0 bridgehead atoms. The fraction of sp³-hybridized carbons (Fsp3) is 0.0455. The second-order valence-electron chi connectivity index (χ2n) is 6.18. The van der Waals surface area contributed by atoms with Crippen LogP contribution in [0.15, 0.2) is 82.2 Å². The van der Waals surface area contributed by atoms with Crippen LogP contribution in [0.3, 0.4) is 0 Å². The molecular formula is C22H16ClN3OS2. The summed E-state index contributed by atoms with van der Waals surface area (Å²) in [5, 5.41) is 4.65. The van der Waals surface area contributed by atoms with Gasteiger partial charge in [-0.25, -0.2) is 10.4 Å². The number of aromatic nitrogens is 1. The summed E-state index contributed by atoms with van der Waals surface area (Å²) in [6, 6.07) is 22.9. The molecule has 29 heavy (non-hydrogen) atoms. The molecule has 0 saturated heterocycles. The summed E-state index contributed by atoms with van der Waals surface area (Å²) in [6.45, 7) is 0. The third-order valence-corrected chi connectivity index (χ3v) is 6.60. The molecule has 144 valence electrons. The van der Waals surface area contributed by atoms with Gasteiger partial charge in [-0.2, -0.15) is 5.10 Å². The minimum absolute atomic E-state index is 0.249. The summed E-state index contributed by atoms with van der Waals surface area (Å²) < 4.78 is 2.24. The first-order valence-electron chi connectivity index (χ1n) is 8.84. The van der Waals surface area contributed by atoms with Crippen LogP contribution >= 0.6 is 34.7 Å².